The van der Waals surface area contributed by atoms with Gasteiger partial charge in [0.1, 0.15) is 5.76 Å². The van der Waals surface area contributed by atoms with E-state index in [0.717, 1.165) is 31.7 Å². The molecule has 1 amide bonds. The Bertz CT molecular complexity index is 544. The molecule has 3 aliphatic rings. The third-order valence-corrected chi connectivity index (χ3v) is 5.55. The van der Waals surface area contributed by atoms with Crippen LogP contribution in [0.2, 0.25) is 0 Å². The Labute approximate surface area is 131 Å². The molecule has 0 aromatic carbocycles. The van der Waals surface area contributed by atoms with Gasteiger partial charge in [-0.05, 0) is 52.0 Å². The van der Waals surface area contributed by atoms with Gasteiger partial charge in [0, 0.05) is 37.2 Å². The average Bonchev–Trinajstić information content (AvgIpc) is 3.12. The number of piperidine rings is 1. The van der Waals surface area contributed by atoms with Gasteiger partial charge < -0.3 is 9.42 Å². The average molecular weight is 303 g/mol. The van der Waals surface area contributed by atoms with Crippen molar-refractivity contribution >= 4 is 5.91 Å². The number of nitrogens with zero attached hydrogens (tertiary/aromatic N) is 3. The Kier molecular flexibility index (Phi) is 3.68. The standard InChI is InChI=1S/C17H25N3O2/c1-12-3-2-8-20(12)14-6-9-19(10-7-14)17(21)15-11-16(22-18-15)13-4-5-13/h11-14H,2-10H2,1H3/t12-/m0/s1. The third kappa shape index (κ3) is 2.67. The van der Waals surface area contributed by atoms with E-state index in [9.17, 15) is 4.79 Å². The number of aromatic nitrogens is 1. The van der Waals surface area contributed by atoms with Gasteiger partial charge in [0.25, 0.3) is 5.91 Å². The third-order valence-electron chi connectivity index (χ3n) is 5.55. The molecule has 1 aliphatic carbocycles. The number of hydrogen-bond acceptors (Lipinski definition) is 4. The maximum absolute atomic E-state index is 12.5. The first-order chi connectivity index (χ1) is 10.7. The van der Waals surface area contributed by atoms with Crippen LogP contribution >= 0.6 is 0 Å². The summed E-state index contributed by atoms with van der Waals surface area (Å²) in [5.41, 5.74) is 0.495. The van der Waals surface area contributed by atoms with Crippen molar-refractivity contribution in [1.82, 2.24) is 15.0 Å². The minimum atomic E-state index is 0.0450. The molecule has 5 heteroatoms. The molecule has 2 aliphatic heterocycles. The van der Waals surface area contributed by atoms with Gasteiger partial charge in [-0.25, -0.2) is 0 Å². The summed E-state index contributed by atoms with van der Waals surface area (Å²) in [5, 5.41) is 3.98. The van der Waals surface area contributed by atoms with Gasteiger partial charge >= 0.3 is 0 Å². The SMILES string of the molecule is C[C@H]1CCCN1C1CCN(C(=O)c2cc(C3CC3)on2)CC1. The van der Waals surface area contributed by atoms with Crippen molar-refractivity contribution < 1.29 is 9.32 Å². The van der Waals surface area contributed by atoms with Gasteiger partial charge in [-0.1, -0.05) is 5.16 Å². The van der Waals surface area contributed by atoms with Crippen molar-refractivity contribution in [3.05, 3.63) is 17.5 Å². The molecule has 2 saturated heterocycles. The molecule has 1 aromatic rings. The number of carbonyl (C=O) groups excluding carboxylic acids is 1. The van der Waals surface area contributed by atoms with Crippen LogP contribution in [0.1, 0.15) is 67.6 Å². The van der Waals surface area contributed by atoms with Crippen LogP contribution in [0.4, 0.5) is 0 Å². The molecule has 1 saturated carbocycles. The minimum absolute atomic E-state index is 0.0450. The molecule has 3 fully saturated rings. The van der Waals surface area contributed by atoms with Gasteiger partial charge in [-0.15, -0.1) is 0 Å². The van der Waals surface area contributed by atoms with Crippen LogP contribution in [0.25, 0.3) is 0 Å². The van der Waals surface area contributed by atoms with Gasteiger partial charge in [0.15, 0.2) is 5.69 Å². The normalized spacial score (nSPS) is 27.5. The lowest BCUT2D eigenvalue weighted by Crippen LogP contribution is -2.47. The summed E-state index contributed by atoms with van der Waals surface area (Å²) in [6, 6.07) is 3.22. The van der Waals surface area contributed by atoms with Gasteiger partial charge in [-0.2, -0.15) is 0 Å². The van der Waals surface area contributed by atoms with Crippen LogP contribution in [0.15, 0.2) is 10.6 Å². The van der Waals surface area contributed by atoms with E-state index in [4.69, 9.17) is 4.52 Å². The van der Waals surface area contributed by atoms with Crippen molar-refractivity contribution in [3.8, 4) is 0 Å². The Morgan fingerprint density at radius 3 is 2.59 bits per heavy atom. The number of rotatable bonds is 3. The van der Waals surface area contributed by atoms with Crippen LogP contribution in [-0.4, -0.2) is 52.6 Å². The summed E-state index contributed by atoms with van der Waals surface area (Å²) in [5.74, 6) is 1.45. The highest BCUT2D eigenvalue weighted by atomic mass is 16.5. The Morgan fingerprint density at radius 1 is 1.18 bits per heavy atom. The van der Waals surface area contributed by atoms with Crippen LogP contribution in [0.3, 0.4) is 0 Å². The van der Waals surface area contributed by atoms with Crippen LogP contribution in [-0.2, 0) is 0 Å². The van der Waals surface area contributed by atoms with Crippen molar-refractivity contribution in [3.63, 3.8) is 0 Å². The quantitative estimate of drug-likeness (QED) is 0.861. The Hall–Kier alpha value is -1.36. The fourth-order valence-corrected chi connectivity index (χ4v) is 4.01. The molecule has 5 nitrogen and oxygen atoms in total. The first-order valence-corrected chi connectivity index (χ1v) is 8.74. The summed E-state index contributed by atoms with van der Waals surface area (Å²) < 4.78 is 5.31. The number of likely N-dealkylation sites (tertiary alicyclic amines) is 2. The van der Waals surface area contributed by atoms with E-state index >= 15 is 0 Å². The van der Waals surface area contributed by atoms with Crippen molar-refractivity contribution in [1.29, 1.82) is 0 Å². The smallest absolute Gasteiger partial charge is 0.276 e. The molecule has 0 radical (unpaired) electrons. The minimum Gasteiger partial charge on any atom is -0.360 e. The lowest BCUT2D eigenvalue weighted by atomic mass is 10.0. The summed E-state index contributed by atoms with van der Waals surface area (Å²) in [6.07, 6.45) is 7.16. The van der Waals surface area contributed by atoms with Crippen molar-refractivity contribution in [2.75, 3.05) is 19.6 Å². The number of amides is 1. The molecular formula is C17H25N3O2. The van der Waals surface area contributed by atoms with E-state index in [2.05, 4.69) is 17.0 Å². The summed E-state index contributed by atoms with van der Waals surface area (Å²) in [4.78, 5) is 17.1. The lowest BCUT2D eigenvalue weighted by molar-refractivity contribution is 0.0601. The fraction of sp³-hybridized carbons (Fsp3) is 0.765. The van der Waals surface area contributed by atoms with E-state index in [-0.39, 0.29) is 5.91 Å². The van der Waals surface area contributed by atoms with E-state index in [1.165, 1.54) is 32.2 Å². The molecule has 0 unspecified atom stereocenters. The molecule has 0 spiro atoms. The largest absolute Gasteiger partial charge is 0.360 e. The van der Waals surface area contributed by atoms with E-state index in [0.29, 0.717) is 23.7 Å². The molecule has 22 heavy (non-hydrogen) atoms. The molecule has 0 N–H and O–H groups in total. The van der Waals surface area contributed by atoms with Crippen molar-refractivity contribution in [2.24, 2.45) is 0 Å². The second kappa shape index (κ2) is 5.69. The molecule has 4 rings (SSSR count). The van der Waals surface area contributed by atoms with E-state index in [1.807, 2.05) is 11.0 Å². The number of hydrogen-bond donors (Lipinski definition) is 0. The number of carbonyl (C=O) groups is 1. The summed E-state index contributed by atoms with van der Waals surface area (Å²) >= 11 is 0. The topological polar surface area (TPSA) is 49.6 Å². The second-order valence-corrected chi connectivity index (χ2v) is 7.14. The highest BCUT2D eigenvalue weighted by molar-refractivity contribution is 5.92. The molecule has 0 bridgehead atoms. The Morgan fingerprint density at radius 2 is 1.95 bits per heavy atom. The zero-order valence-electron chi connectivity index (χ0n) is 13.3. The predicted octanol–water partition coefficient (Wildman–Crippen LogP) is 2.64. The fourth-order valence-electron chi connectivity index (χ4n) is 4.01. The molecular weight excluding hydrogens is 278 g/mol. The van der Waals surface area contributed by atoms with Crippen LogP contribution in [0.5, 0.6) is 0 Å². The first-order valence-electron chi connectivity index (χ1n) is 8.74. The predicted molar refractivity (Wildman–Crippen MR) is 82.8 cm³/mol. The van der Waals surface area contributed by atoms with Gasteiger partial charge in [0.05, 0.1) is 0 Å². The summed E-state index contributed by atoms with van der Waals surface area (Å²) in [6.45, 7) is 5.25. The van der Waals surface area contributed by atoms with Crippen LogP contribution < -0.4 is 0 Å². The van der Waals surface area contributed by atoms with Gasteiger partial charge in [-0.3, -0.25) is 9.69 Å². The highest BCUT2D eigenvalue weighted by Crippen LogP contribution is 2.40. The maximum Gasteiger partial charge on any atom is 0.276 e. The van der Waals surface area contributed by atoms with Crippen LogP contribution in [0, 0.1) is 0 Å². The van der Waals surface area contributed by atoms with E-state index < -0.39 is 0 Å². The molecule has 120 valence electrons. The summed E-state index contributed by atoms with van der Waals surface area (Å²) in [7, 11) is 0. The maximum atomic E-state index is 12.5. The monoisotopic (exact) mass is 303 g/mol. The zero-order valence-corrected chi connectivity index (χ0v) is 13.3. The zero-order chi connectivity index (χ0) is 15.1. The second-order valence-electron chi connectivity index (χ2n) is 7.14. The van der Waals surface area contributed by atoms with E-state index in [1.54, 1.807) is 0 Å². The molecule has 3 heterocycles. The Balaban J connectivity index is 1.35. The van der Waals surface area contributed by atoms with Gasteiger partial charge in [0.2, 0.25) is 0 Å². The van der Waals surface area contributed by atoms with Crippen molar-refractivity contribution in [2.45, 2.75) is 63.5 Å². The molecule has 1 aromatic heterocycles. The lowest BCUT2D eigenvalue weighted by Gasteiger charge is -2.38. The first kappa shape index (κ1) is 14.2. The highest BCUT2D eigenvalue weighted by Gasteiger charge is 2.33. The molecule has 1 atom stereocenters.